The molecule has 4 rings (SSSR count). The number of pyridine rings is 1. The number of nitrogens with zero attached hydrogens (tertiary/aromatic N) is 4. The quantitative estimate of drug-likeness (QED) is 0.340. The highest BCUT2D eigenvalue weighted by Gasteiger charge is 2.15. The lowest BCUT2D eigenvalue weighted by molar-refractivity contribution is 0.281. The molecule has 0 aliphatic heterocycles. The van der Waals surface area contributed by atoms with Crippen molar-refractivity contribution in [2.45, 2.75) is 32.9 Å². The Kier molecular flexibility index (Phi) is 6.31. The molecule has 0 atom stereocenters. The number of aliphatic hydroxyl groups excluding tert-OH is 1. The SMILES string of the molecule is CCCCOc1nc(N)c2[nH]c(=O)n(Cc3ccc(Oc4ccc(CO)cc4)nc3)c2n1. The maximum absolute atomic E-state index is 12.5. The van der Waals surface area contributed by atoms with Gasteiger partial charge in [-0.05, 0) is 29.7 Å². The summed E-state index contributed by atoms with van der Waals surface area (Å²) < 4.78 is 12.7. The molecule has 0 fully saturated rings. The number of H-pyrrole nitrogens is 1. The number of nitrogens with one attached hydrogen (secondary N) is 1. The van der Waals surface area contributed by atoms with E-state index in [9.17, 15) is 4.79 Å². The summed E-state index contributed by atoms with van der Waals surface area (Å²) in [5.74, 6) is 1.18. The Balaban J connectivity index is 1.53. The maximum Gasteiger partial charge on any atom is 0.328 e. The van der Waals surface area contributed by atoms with E-state index < -0.39 is 0 Å². The fourth-order valence-corrected chi connectivity index (χ4v) is 3.08. The highest BCUT2D eigenvalue weighted by Crippen LogP contribution is 2.21. The van der Waals surface area contributed by atoms with Gasteiger partial charge < -0.3 is 25.3 Å². The number of nitrogens with two attached hydrogens (primary N) is 1. The van der Waals surface area contributed by atoms with Crippen LogP contribution in [-0.4, -0.2) is 36.2 Å². The van der Waals surface area contributed by atoms with Crippen molar-refractivity contribution >= 4 is 17.0 Å². The van der Waals surface area contributed by atoms with Gasteiger partial charge in [-0.3, -0.25) is 4.57 Å². The first-order valence-corrected chi connectivity index (χ1v) is 10.3. The number of rotatable bonds is 9. The van der Waals surface area contributed by atoms with Crippen LogP contribution in [-0.2, 0) is 13.2 Å². The number of fused-ring (bicyclic) bond motifs is 1. The molecule has 0 saturated heterocycles. The number of hydrogen-bond acceptors (Lipinski definition) is 8. The molecule has 0 aliphatic rings. The molecule has 0 unspecified atom stereocenters. The van der Waals surface area contributed by atoms with Gasteiger partial charge in [0.05, 0.1) is 19.8 Å². The van der Waals surface area contributed by atoms with Crippen molar-refractivity contribution in [1.82, 2.24) is 24.5 Å². The van der Waals surface area contributed by atoms with Crippen LogP contribution >= 0.6 is 0 Å². The molecule has 4 aromatic rings. The van der Waals surface area contributed by atoms with Gasteiger partial charge in [-0.2, -0.15) is 9.97 Å². The van der Waals surface area contributed by atoms with Gasteiger partial charge in [0, 0.05) is 12.3 Å². The predicted molar refractivity (Wildman–Crippen MR) is 119 cm³/mol. The van der Waals surface area contributed by atoms with Crippen LogP contribution in [0, 0.1) is 0 Å². The summed E-state index contributed by atoms with van der Waals surface area (Å²) >= 11 is 0. The average Bonchev–Trinajstić information content (AvgIpc) is 3.11. The molecule has 10 heteroatoms. The Morgan fingerprint density at radius 1 is 1.12 bits per heavy atom. The molecular weight excluding hydrogens is 412 g/mol. The molecule has 0 amide bonds. The minimum Gasteiger partial charge on any atom is -0.463 e. The van der Waals surface area contributed by atoms with E-state index in [2.05, 4.69) is 26.9 Å². The summed E-state index contributed by atoms with van der Waals surface area (Å²) in [7, 11) is 0. The number of ether oxygens (including phenoxy) is 2. The number of nitrogen functional groups attached to an aromatic ring is 1. The lowest BCUT2D eigenvalue weighted by Crippen LogP contribution is -2.18. The number of imidazole rings is 1. The number of aromatic nitrogens is 5. The molecule has 3 heterocycles. The molecule has 1 aromatic carbocycles. The molecular formula is C22H24N6O4. The van der Waals surface area contributed by atoms with Gasteiger partial charge in [0.15, 0.2) is 11.5 Å². The second kappa shape index (κ2) is 9.48. The maximum atomic E-state index is 12.5. The molecule has 0 bridgehead atoms. The van der Waals surface area contributed by atoms with Crippen LogP contribution < -0.4 is 20.9 Å². The monoisotopic (exact) mass is 436 g/mol. The van der Waals surface area contributed by atoms with Gasteiger partial charge in [0.1, 0.15) is 11.3 Å². The summed E-state index contributed by atoms with van der Waals surface area (Å²) in [4.78, 5) is 28.0. The number of hydrogen-bond donors (Lipinski definition) is 3. The van der Waals surface area contributed by atoms with E-state index in [0.717, 1.165) is 24.0 Å². The van der Waals surface area contributed by atoms with Crippen molar-refractivity contribution in [1.29, 1.82) is 0 Å². The summed E-state index contributed by atoms with van der Waals surface area (Å²) in [6.07, 6.45) is 3.48. The number of unbranched alkanes of at least 4 members (excludes halogenated alkanes) is 1. The van der Waals surface area contributed by atoms with Crippen LogP contribution in [0.2, 0.25) is 0 Å². The van der Waals surface area contributed by atoms with Gasteiger partial charge in [0.2, 0.25) is 5.88 Å². The summed E-state index contributed by atoms with van der Waals surface area (Å²) in [5.41, 5.74) is 7.96. The van der Waals surface area contributed by atoms with Crippen LogP contribution in [0.5, 0.6) is 17.6 Å². The van der Waals surface area contributed by atoms with E-state index in [1.54, 1.807) is 36.5 Å². The van der Waals surface area contributed by atoms with E-state index in [1.807, 2.05) is 6.07 Å². The van der Waals surface area contributed by atoms with Crippen molar-refractivity contribution < 1.29 is 14.6 Å². The Morgan fingerprint density at radius 3 is 2.59 bits per heavy atom. The Labute approximate surface area is 183 Å². The highest BCUT2D eigenvalue weighted by molar-refractivity contribution is 5.81. The number of aliphatic hydroxyl groups is 1. The third-order valence-corrected chi connectivity index (χ3v) is 4.83. The fraction of sp³-hybridized carbons (Fsp3) is 0.273. The van der Waals surface area contributed by atoms with Gasteiger partial charge in [-0.15, -0.1) is 0 Å². The van der Waals surface area contributed by atoms with Gasteiger partial charge in [-0.25, -0.2) is 9.78 Å². The number of aromatic amines is 1. The molecule has 4 N–H and O–H groups in total. The zero-order valence-corrected chi connectivity index (χ0v) is 17.6. The topological polar surface area (TPSA) is 141 Å². The number of benzene rings is 1. The van der Waals surface area contributed by atoms with E-state index in [4.69, 9.17) is 20.3 Å². The summed E-state index contributed by atoms with van der Waals surface area (Å²) in [6.45, 7) is 2.75. The third-order valence-electron chi connectivity index (χ3n) is 4.83. The first kappa shape index (κ1) is 21.3. The first-order valence-electron chi connectivity index (χ1n) is 10.3. The van der Waals surface area contributed by atoms with Gasteiger partial charge in [0.25, 0.3) is 0 Å². The summed E-state index contributed by atoms with van der Waals surface area (Å²) in [6, 6.07) is 10.8. The molecule has 3 aromatic heterocycles. The lowest BCUT2D eigenvalue weighted by Gasteiger charge is -2.08. The molecule has 0 spiro atoms. The normalized spacial score (nSPS) is 11.1. The zero-order valence-electron chi connectivity index (χ0n) is 17.6. The number of anilines is 1. The average molecular weight is 436 g/mol. The minimum absolute atomic E-state index is 0.0244. The molecule has 10 nitrogen and oxygen atoms in total. The largest absolute Gasteiger partial charge is 0.463 e. The molecule has 32 heavy (non-hydrogen) atoms. The van der Waals surface area contributed by atoms with Crippen molar-refractivity contribution in [3.8, 4) is 17.6 Å². The van der Waals surface area contributed by atoms with Crippen molar-refractivity contribution in [2.75, 3.05) is 12.3 Å². The van der Waals surface area contributed by atoms with E-state index in [1.165, 1.54) is 4.57 Å². The van der Waals surface area contributed by atoms with E-state index in [0.29, 0.717) is 29.4 Å². The third kappa shape index (κ3) is 4.70. The van der Waals surface area contributed by atoms with Crippen LogP contribution in [0.4, 0.5) is 5.82 Å². The molecule has 0 saturated carbocycles. The molecule has 166 valence electrons. The molecule has 0 radical (unpaired) electrons. The second-order valence-corrected chi connectivity index (χ2v) is 7.22. The van der Waals surface area contributed by atoms with Crippen molar-refractivity contribution in [3.05, 3.63) is 64.2 Å². The van der Waals surface area contributed by atoms with E-state index in [-0.39, 0.29) is 30.7 Å². The van der Waals surface area contributed by atoms with Gasteiger partial charge in [-0.1, -0.05) is 31.5 Å². The summed E-state index contributed by atoms with van der Waals surface area (Å²) in [5, 5.41) is 9.12. The fourth-order valence-electron chi connectivity index (χ4n) is 3.08. The zero-order chi connectivity index (χ0) is 22.5. The molecule has 0 aliphatic carbocycles. The van der Waals surface area contributed by atoms with Gasteiger partial charge >= 0.3 is 11.7 Å². The Hall–Kier alpha value is -3.92. The van der Waals surface area contributed by atoms with Crippen LogP contribution in [0.1, 0.15) is 30.9 Å². The lowest BCUT2D eigenvalue weighted by atomic mass is 10.2. The first-order chi connectivity index (χ1) is 15.6. The second-order valence-electron chi connectivity index (χ2n) is 7.22. The van der Waals surface area contributed by atoms with Crippen LogP contribution in [0.3, 0.4) is 0 Å². The smallest absolute Gasteiger partial charge is 0.328 e. The van der Waals surface area contributed by atoms with Crippen LogP contribution in [0.15, 0.2) is 47.4 Å². The predicted octanol–water partition coefficient (Wildman–Crippen LogP) is 2.61. The van der Waals surface area contributed by atoms with Crippen molar-refractivity contribution in [2.24, 2.45) is 0 Å². The van der Waals surface area contributed by atoms with E-state index >= 15 is 0 Å². The Bertz CT molecular complexity index is 1250. The van der Waals surface area contributed by atoms with Crippen LogP contribution in [0.25, 0.3) is 11.2 Å². The highest BCUT2D eigenvalue weighted by atomic mass is 16.5. The van der Waals surface area contributed by atoms with Crippen molar-refractivity contribution in [3.63, 3.8) is 0 Å². The standard InChI is InChI=1S/C22H24N6O4/c1-2-3-10-31-21-26-19(23)18-20(27-21)28(22(30)25-18)12-15-6-9-17(24-11-15)32-16-7-4-14(13-29)5-8-16/h4-9,11,29H,2-3,10,12-13H2,1H3,(H,25,30)(H2,23,26,27). The Morgan fingerprint density at radius 2 is 1.91 bits per heavy atom. The minimum atomic E-state index is -0.351.